The predicted molar refractivity (Wildman–Crippen MR) is 63.0 cm³/mol. The number of nitrogens with one attached hydrogen (secondary N) is 2. The lowest BCUT2D eigenvalue weighted by molar-refractivity contribution is -0.123. The monoisotopic (exact) mass is 248 g/mol. The molecule has 0 radical (unpaired) electrons. The van der Waals surface area contributed by atoms with Crippen molar-refractivity contribution in [3.05, 3.63) is 0 Å². The van der Waals surface area contributed by atoms with Crippen LogP contribution in [0.3, 0.4) is 0 Å². The summed E-state index contributed by atoms with van der Waals surface area (Å²) < 4.78 is 21.7. The maximum absolute atomic E-state index is 11.6. The van der Waals surface area contributed by atoms with E-state index < -0.39 is 9.84 Å². The van der Waals surface area contributed by atoms with Crippen LogP contribution in [-0.2, 0) is 14.6 Å². The summed E-state index contributed by atoms with van der Waals surface area (Å²) in [5.41, 5.74) is 0. The lowest BCUT2D eigenvalue weighted by Crippen LogP contribution is -2.46. The van der Waals surface area contributed by atoms with Gasteiger partial charge in [0, 0.05) is 12.8 Å². The number of hydrogen-bond acceptors (Lipinski definition) is 4. The van der Waals surface area contributed by atoms with Crippen molar-refractivity contribution < 1.29 is 13.2 Å². The zero-order valence-corrected chi connectivity index (χ0v) is 10.5. The van der Waals surface area contributed by atoms with Crippen molar-refractivity contribution in [2.24, 2.45) is 0 Å². The summed E-state index contributed by atoms with van der Waals surface area (Å²) in [6, 6.07) is -0.0908. The Morgan fingerprint density at radius 2 is 2.19 bits per heavy atom. The summed E-state index contributed by atoms with van der Waals surface area (Å²) in [7, 11) is -2.91. The molecule has 1 heterocycles. The topological polar surface area (TPSA) is 75.3 Å². The van der Waals surface area contributed by atoms with Crippen LogP contribution in [0.1, 0.15) is 25.7 Å². The molecule has 1 aliphatic rings. The Hall–Kier alpha value is -0.620. The van der Waals surface area contributed by atoms with E-state index in [-0.39, 0.29) is 17.7 Å². The van der Waals surface area contributed by atoms with Gasteiger partial charge in [-0.3, -0.25) is 4.79 Å². The van der Waals surface area contributed by atoms with Gasteiger partial charge in [-0.2, -0.15) is 0 Å². The summed E-state index contributed by atoms with van der Waals surface area (Å²) in [4.78, 5) is 11.6. The molecule has 0 aromatic carbocycles. The molecule has 1 aliphatic heterocycles. The SMILES string of the molecule is CS(=O)(=O)CCCNC(=O)[C@H]1CCCCN1. The van der Waals surface area contributed by atoms with E-state index in [0.29, 0.717) is 13.0 Å². The van der Waals surface area contributed by atoms with Gasteiger partial charge in [0.05, 0.1) is 11.8 Å². The first-order chi connectivity index (χ1) is 7.49. The highest BCUT2D eigenvalue weighted by molar-refractivity contribution is 7.90. The normalized spacial score (nSPS) is 21.7. The van der Waals surface area contributed by atoms with Gasteiger partial charge in [0.15, 0.2) is 0 Å². The molecule has 5 nitrogen and oxygen atoms in total. The highest BCUT2D eigenvalue weighted by Gasteiger charge is 2.19. The quantitative estimate of drug-likeness (QED) is 0.654. The van der Waals surface area contributed by atoms with Crippen molar-refractivity contribution in [1.82, 2.24) is 10.6 Å². The molecular formula is C10H20N2O3S. The van der Waals surface area contributed by atoms with Crippen LogP contribution >= 0.6 is 0 Å². The Morgan fingerprint density at radius 3 is 2.75 bits per heavy atom. The zero-order valence-electron chi connectivity index (χ0n) is 9.66. The molecule has 6 heteroatoms. The van der Waals surface area contributed by atoms with E-state index in [1.54, 1.807) is 0 Å². The van der Waals surface area contributed by atoms with Gasteiger partial charge in [-0.1, -0.05) is 6.42 Å². The Bertz CT molecular complexity index is 321. The van der Waals surface area contributed by atoms with Crippen LogP contribution in [0.4, 0.5) is 0 Å². The highest BCUT2D eigenvalue weighted by atomic mass is 32.2. The van der Waals surface area contributed by atoms with E-state index in [9.17, 15) is 13.2 Å². The first kappa shape index (κ1) is 13.4. The molecule has 0 unspecified atom stereocenters. The van der Waals surface area contributed by atoms with Gasteiger partial charge in [0.2, 0.25) is 5.91 Å². The number of rotatable bonds is 5. The molecule has 0 aromatic heterocycles. The van der Waals surface area contributed by atoms with Crippen LogP contribution in [0.5, 0.6) is 0 Å². The summed E-state index contributed by atoms with van der Waals surface area (Å²) in [6.07, 6.45) is 4.76. The Morgan fingerprint density at radius 1 is 1.44 bits per heavy atom. The van der Waals surface area contributed by atoms with Gasteiger partial charge in [0.1, 0.15) is 9.84 Å². The van der Waals surface area contributed by atoms with Crippen molar-refractivity contribution in [3.63, 3.8) is 0 Å². The zero-order chi connectivity index (χ0) is 12.0. The minimum atomic E-state index is -2.91. The van der Waals surface area contributed by atoms with Gasteiger partial charge in [-0.25, -0.2) is 8.42 Å². The van der Waals surface area contributed by atoms with Crippen LogP contribution in [0, 0.1) is 0 Å². The standard InChI is InChI=1S/C10H20N2O3S/c1-16(14,15)8-4-7-12-10(13)9-5-2-3-6-11-9/h9,11H,2-8H2,1H3,(H,12,13)/t9-/m1/s1. The summed E-state index contributed by atoms with van der Waals surface area (Å²) in [6.45, 7) is 1.32. The molecule has 16 heavy (non-hydrogen) atoms. The summed E-state index contributed by atoms with van der Waals surface area (Å²) in [5, 5.41) is 5.90. The maximum Gasteiger partial charge on any atom is 0.237 e. The van der Waals surface area contributed by atoms with Crippen molar-refractivity contribution in [3.8, 4) is 0 Å². The molecule has 1 atom stereocenters. The molecule has 2 N–H and O–H groups in total. The number of amides is 1. The Kier molecular flexibility index (Phi) is 5.21. The summed E-state index contributed by atoms with van der Waals surface area (Å²) >= 11 is 0. The van der Waals surface area contributed by atoms with E-state index in [4.69, 9.17) is 0 Å². The van der Waals surface area contributed by atoms with E-state index >= 15 is 0 Å². The minimum absolute atomic E-state index is 0.00630. The molecule has 1 fully saturated rings. The first-order valence-electron chi connectivity index (χ1n) is 5.68. The second-order valence-electron chi connectivity index (χ2n) is 4.28. The molecule has 1 rings (SSSR count). The van der Waals surface area contributed by atoms with Gasteiger partial charge >= 0.3 is 0 Å². The van der Waals surface area contributed by atoms with E-state index in [0.717, 1.165) is 25.8 Å². The van der Waals surface area contributed by atoms with E-state index in [2.05, 4.69) is 10.6 Å². The molecule has 0 spiro atoms. The smallest absolute Gasteiger partial charge is 0.237 e. The number of sulfone groups is 1. The van der Waals surface area contributed by atoms with E-state index in [1.165, 1.54) is 6.26 Å². The largest absolute Gasteiger partial charge is 0.355 e. The van der Waals surface area contributed by atoms with Gasteiger partial charge in [-0.15, -0.1) is 0 Å². The third-order valence-electron chi connectivity index (χ3n) is 2.62. The number of carbonyl (C=O) groups excluding carboxylic acids is 1. The lowest BCUT2D eigenvalue weighted by atomic mass is 10.0. The molecule has 1 amide bonds. The fraction of sp³-hybridized carbons (Fsp3) is 0.900. The second kappa shape index (κ2) is 6.20. The lowest BCUT2D eigenvalue weighted by Gasteiger charge is -2.22. The second-order valence-corrected chi connectivity index (χ2v) is 6.54. The fourth-order valence-corrected chi connectivity index (χ4v) is 2.41. The Balaban J connectivity index is 2.14. The van der Waals surface area contributed by atoms with Gasteiger partial charge in [-0.05, 0) is 25.8 Å². The molecule has 0 saturated carbocycles. The molecule has 0 bridgehead atoms. The highest BCUT2D eigenvalue weighted by Crippen LogP contribution is 2.06. The van der Waals surface area contributed by atoms with Crippen molar-refractivity contribution in [2.75, 3.05) is 25.1 Å². The predicted octanol–water partition coefficient (Wildman–Crippen LogP) is -0.321. The molecule has 0 aromatic rings. The Labute approximate surface area is 96.9 Å². The van der Waals surface area contributed by atoms with Crippen LogP contribution in [0.15, 0.2) is 0 Å². The third-order valence-corrected chi connectivity index (χ3v) is 3.65. The maximum atomic E-state index is 11.6. The van der Waals surface area contributed by atoms with Crippen molar-refractivity contribution in [2.45, 2.75) is 31.7 Å². The van der Waals surface area contributed by atoms with Crippen molar-refractivity contribution >= 4 is 15.7 Å². The van der Waals surface area contributed by atoms with Crippen LogP contribution in [0.2, 0.25) is 0 Å². The minimum Gasteiger partial charge on any atom is -0.355 e. The number of piperidine rings is 1. The third kappa shape index (κ3) is 5.46. The van der Waals surface area contributed by atoms with Gasteiger partial charge < -0.3 is 10.6 Å². The van der Waals surface area contributed by atoms with Crippen molar-refractivity contribution in [1.29, 1.82) is 0 Å². The molecular weight excluding hydrogens is 228 g/mol. The fourth-order valence-electron chi connectivity index (χ4n) is 1.74. The molecule has 94 valence electrons. The first-order valence-corrected chi connectivity index (χ1v) is 7.74. The van der Waals surface area contributed by atoms with Crippen LogP contribution < -0.4 is 10.6 Å². The van der Waals surface area contributed by atoms with Crippen LogP contribution in [0.25, 0.3) is 0 Å². The van der Waals surface area contributed by atoms with E-state index in [1.807, 2.05) is 0 Å². The molecule has 0 aliphatic carbocycles. The average Bonchev–Trinajstić information content (AvgIpc) is 2.24. The number of carbonyl (C=O) groups is 1. The molecule has 1 saturated heterocycles. The summed E-state index contributed by atoms with van der Waals surface area (Å²) in [5.74, 6) is 0.124. The van der Waals surface area contributed by atoms with Crippen LogP contribution in [-0.4, -0.2) is 45.5 Å². The average molecular weight is 248 g/mol. The van der Waals surface area contributed by atoms with Gasteiger partial charge in [0.25, 0.3) is 0 Å². The number of hydrogen-bond donors (Lipinski definition) is 2.